The minimum Gasteiger partial charge on any atom is -0.497 e. The fourth-order valence-corrected chi connectivity index (χ4v) is 4.14. The Bertz CT molecular complexity index is 1180. The monoisotopic (exact) mass is 404 g/mol. The van der Waals surface area contributed by atoms with Gasteiger partial charge >= 0.3 is 6.09 Å². The third kappa shape index (κ3) is 4.12. The predicted octanol–water partition coefficient (Wildman–Crippen LogP) is 5.40. The Labute approximate surface area is 173 Å². The number of fused-ring (bicyclic) bond motifs is 2. The maximum absolute atomic E-state index is 11.2. The molecule has 3 aromatic carbocycles. The number of benzene rings is 3. The summed E-state index contributed by atoms with van der Waals surface area (Å²) < 4.78 is 10.5. The second-order valence-corrected chi connectivity index (χ2v) is 7.50. The highest BCUT2D eigenvalue weighted by Crippen LogP contribution is 2.39. The van der Waals surface area contributed by atoms with Gasteiger partial charge in [-0.15, -0.1) is 0 Å². The number of alkyl carbamates (subject to hydrolysis) is 1. The first-order valence-corrected chi connectivity index (χ1v) is 9.97. The lowest BCUT2D eigenvalue weighted by molar-refractivity contribution is 0.142. The lowest BCUT2D eigenvalue weighted by Gasteiger charge is -2.12. The summed E-state index contributed by atoms with van der Waals surface area (Å²) in [5.74, 6) is 0.789. The van der Waals surface area contributed by atoms with Crippen LogP contribution in [0.2, 0.25) is 0 Å². The maximum Gasteiger partial charge on any atom is 0.407 e. The molecule has 1 N–H and O–H groups in total. The van der Waals surface area contributed by atoms with Crippen molar-refractivity contribution in [2.75, 3.05) is 14.2 Å². The van der Waals surface area contributed by atoms with Crippen molar-refractivity contribution >= 4 is 39.7 Å². The summed E-state index contributed by atoms with van der Waals surface area (Å²) in [5, 5.41) is 4.64. The average molecular weight is 404 g/mol. The van der Waals surface area contributed by atoms with E-state index < -0.39 is 6.09 Å². The van der Waals surface area contributed by atoms with Crippen LogP contribution in [0.25, 0.3) is 21.8 Å². The van der Waals surface area contributed by atoms with Gasteiger partial charge in [-0.1, -0.05) is 42.1 Å². The molecular formula is C23H20N2O3S. The number of nitrogens with one attached hydrogen (secondary N) is 1. The molecule has 0 unspecified atom stereocenters. The number of pyridine rings is 1. The van der Waals surface area contributed by atoms with Crippen molar-refractivity contribution in [3.05, 3.63) is 72.3 Å². The SMILES string of the molecule is CNC(=O)OCc1ccc(Sc2c3ccccc3nc3cc(OC)ccc23)cc1. The first-order valence-electron chi connectivity index (χ1n) is 9.16. The van der Waals surface area contributed by atoms with Crippen LogP contribution in [-0.2, 0) is 11.3 Å². The van der Waals surface area contributed by atoms with Gasteiger partial charge in [-0.2, -0.15) is 0 Å². The number of nitrogens with zero attached hydrogens (tertiary/aromatic N) is 1. The Morgan fingerprint density at radius 2 is 1.76 bits per heavy atom. The minimum absolute atomic E-state index is 0.242. The first kappa shape index (κ1) is 19.1. The number of hydrogen-bond donors (Lipinski definition) is 1. The summed E-state index contributed by atoms with van der Waals surface area (Å²) in [7, 11) is 3.20. The molecule has 0 spiro atoms. The van der Waals surface area contributed by atoms with Gasteiger partial charge in [-0.3, -0.25) is 0 Å². The molecule has 0 bridgehead atoms. The van der Waals surface area contributed by atoms with Crippen LogP contribution in [0.1, 0.15) is 5.56 Å². The van der Waals surface area contributed by atoms with E-state index in [-0.39, 0.29) is 6.61 Å². The van der Waals surface area contributed by atoms with Crippen molar-refractivity contribution < 1.29 is 14.3 Å². The van der Waals surface area contributed by atoms with Crippen molar-refractivity contribution in [2.24, 2.45) is 0 Å². The normalized spacial score (nSPS) is 10.8. The van der Waals surface area contributed by atoms with E-state index in [0.29, 0.717) is 0 Å². The van der Waals surface area contributed by atoms with E-state index in [1.54, 1.807) is 25.9 Å². The lowest BCUT2D eigenvalue weighted by atomic mass is 10.1. The van der Waals surface area contributed by atoms with Crippen LogP contribution in [0.3, 0.4) is 0 Å². The van der Waals surface area contributed by atoms with Crippen molar-refractivity contribution in [2.45, 2.75) is 16.4 Å². The summed E-state index contributed by atoms with van der Waals surface area (Å²) in [5.41, 5.74) is 2.79. The molecule has 0 saturated heterocycles. The number of ether oxygens (including phenoxy) is 2. The minimum atomic E-state index is -0.436. The van der Waals surface area contributed by atoms with Gasteiger partial charge in [0.05, 0.1) is 18.1 Å². The number of carbonyl (C=O) groups is 1. The zero-order valence-corrected chi connectivity index (χ0v) is 17.0. The number of methoxy groups -OCH3 is 1. The van der Waals surface area contributed by atoms with E-state index in [1.807, 2.05) is 54.6 Å². The molecule has 0 atom stereocenters. The average Bonchev–Trinajstić information content (AvgIpc) is 2.77. The number of aromatic nitrogens is 1. The lowest BCUT2D eigenvalue weighted by Crippen LogP contribution is -2.18. The summed E-state index contributed by atoms with van der Waals surface area (Å²) in [4.78, 5) is 18.3. The molecule has 0 radical (unpaired) electrons. The summed E-state index contributed by atoms with van der Waals surface area (Å²) in [6, 6.07) is 22.2. The zero-order valence-electron chi connectivity index (χ0n) is 16.1. The Hall–Kier alpha value is -3.25. The van der Waals surface area contributed by atoms with Gasteiger partial charge in [0, 0.05) is 33.7 Å². The summed E-state index contributed by atoms with van der Waals surface area (Å²) >= 11 is 1.70. The smallest absolute Gasteiger partial charge is 0.407 e. The predicted molar refractivity (Wildman–Crippen MR) is 116 cm³/mol. The number of para-hydroxylation sites is 1. The molecule has 146 valence electrons. The maximum atomic E-state index is 11.2. The fourth-order valence-electron chi connectivity index (χ4n) is 3.06. The largest absolute Gasteiger partial charge is 0.497 e. The van der Waals surface area contributed by atoms with E-state index in [9.17, 15) is 4.79 Å². The molecule has 6 heteroatoms. The fraction of sp³-hybridized carbons (Fsp3) is 0.130. The first-order chi connectivity index (χ1) is 14.2. The standard InChI is InChI=1S/C23H20N2O3S/c1-24-23(26)28-14-15-7-10-17(11-8-15)29-22-18-5-3-4-6-20(18)25-21-13-16(27-2)9-12-19(21)22/h3-13H,14H2,1-2H3,(H,24,26). The molecule has 1 heterocycles. The van der Waals surface area contributed by atoms with Gasteiger partial charge in [0.25, 0.3) is 0 Å². The van der Waals surface area contributed by atoms with Crippen molar-refractivity contribution in [3.63, 3.8) is 0 Å². The van der Waals surface area contributed by atoms with Gasteiger partial charge in [0.2, 0.25) is 0 Å². The van der Waals surface area contributed by atoms with Gasteiger partial charge in [-0.25, -0.2) is 9.78 Å². The number of amides is 1. The van der Waals surface area contributed by atoms with E-state index >= 15 is 0 Å². The number of hydrogen-bond acceptors (Lipinski definition) is 5. The summed E-state index contributed by atoms with van der Waals surface area (Å²) in [6.45, 7) is 0.242. The third-order valence-corrected chi connectivity index (χ3v) is 5.71. The molecule has 0 aliphatic heterocycles. The van der Waals surface area contributed by atoms with E-state index in [2.05, 4.69) is 17.4 Å². The van der Waals surface area contributed by atoms with Crippen LogP contribution in [0.15, 0.2) is 76.5 Å². The number of carbonyl (C=O) groups excluding carboxylic acids is 1. The van der Waals surface area contributed by atoms with Crippen LogP contribution in [-0.4, -0.2) is 25.2 Å². The molecule has 1 aromatic heterocycles. The molecule has 0 saturated carbocycles. The second-order valence-electron chi connectivity index (χ2n) is 6.41. The van der Waals surface area contributed by atoms with Gasteiger partial charge in [0.1, 0.15) is 12.4 Å². The Balaban J connectivity index is 1.70. The van der Waals surface area contributed by atoms with Crippen LogP contribution < -0.4 is 10.1 Å². The Kier molecular flexibility index (Phi) is 5.53. The second kappa shape index (κ2) is 8.41. The van der Waals surface area contributed by atoms with Crippen molar-refractivity contribution in [1.82, 2.24) is 10.3 Å². The van der Waals surface area contributed by atoms with Crippen LogP contribution in [0.4, 0.5) is 4.79 Å². The molecule has 5 nitrogen and oxygen atoms in total. The molecular weight excluding hydrogens is 384 g/mol. The topological polar surface area (TPSA) is 60.5 Å². The summed E-state index contributed by atoms with van der Waals surface area (Å²) in [6.07, 6.45) is -0.436. The van der Waals surface area contributed by atoms with Gasteiger partial charge in [0.15, 0.2) is 0 Å². The van der Waals surface area contributed by atoms with E-state index in [0.717, 1.165) is 42.9 Å². The highest BCUT2D eigenvalue weighted by molar-refractivity contribution is 7.99. The molecule has 0 aliphatic carbocycles. The zero-order chi connectivity index (χ0) is 20.2. The van der Waals surface area contributed by atoms with Gasteiger partial charge in [-0.05, 0) is 35.9 Å². The molecule has 4 aromatic rings. The molecule has 1 amide bonds. The third-order valence-electron chi connectivity index (χ3n) is 4.56. The Morgan fingerprint density at radius 1 is 1.00 bits per heavy atom. The molecule has 0 fully saturated rings. The van der Waals surface area contributed by atoms with Crippen LogP contribution >= 0.6 is 11.8 Å². The van der Waals surface area contributed by atoms with Crippen LogP contribution in [0, 0.1) is 0 Å². The van der Waals surface area contributed by atoms with Gasteiger partial charge < -0.3 is 14.8 Å². The molecule has 4 rings (SSSR count). The van der Waals surface area contributed by atoms with Crippen molar-refractivity contribution in [3.8, 4) is 5.75 Å². The number of rotatable bonds is 5. The van der Waals surface area contributed by atoms with E-state index in [4.69, 9.17) is 14.5 Å². The highest BCUT2D eigenvalue weighted by Gasteiger charge is 2.11. The highest BCUT2D eigenvalue weighted by atomic mass is 32.2. The molecule has 0 aliphatic rings. The Morgan fingerprint density at radius 3 is 2.52 bits per heavy atom. The molecule has 29 heavy (non-hydrogen) atoms. The van der Waals surface area contributed by atoms with Crippen molar-refractivity contribution in [1.29, 1.82) is 0 Å². The van der Waals surface area contributed by atoms with Crippen LogP contribution in [0.5, 0.6) is 5.75 Å². The van der Waals surface area contributed by atoms with E-state index in [1.165, 1.54) is 0 Å². The quantitative estimate of drug-likeness (QED) is 0.451.